The summed E-state index contributed by atoms with van der Waals surface area (Å²) in [5.41, 5.74) is 2.52. The summed E-state index contributed by atoms with van der Waals surface area (Å²) >= 11 is 0. The Labute approximate surface area is 188 Å². The third-order valence-corrected chi connectivity index (χ3v) is 4.22. The lowest BCUT2D eigenvalue weighted by molar-refractivity contribution is 0.0597. The minimum absolute atomic E-state index is 0. The van der Waals surface area contributed by atoms with E-state index in [1.165, 1.54) is 19.8 Å². The van der Waals surface area contributed by atoms with Crippen LogP contribution in [0.2, 0.25) is 0 Å². The number of ether oxygens (including phenoxy) is 3. The Morgan fingerprint density at radius 1 is 0.966 bits per heavy atom. The van der Waals surface area contributed by atoms with E-state index in [1.54, 1.807) is 26.3 Å². The molecule has 0 aliphatic rings. The van der Waals surface area contributed by atoms with Gasteiger partial charge >= 0.3 is 5.97 Å². The summed E-state index contributed by atoms with van der Waals surface area (Å²) < 4.78 is 15.2. The number of rotatable bonds is 8. The second kappa shape index (κ2) is 12.9. The number of nitrogens with one attached hydrogen (secondary N) is 2. The number of halogens is 1. The zero-order valence-electron chi connectivity index (χ0n) is 17.2. The first-order chi connectivity index (χ1) is 13.6. The van der Waals surface area contributed by atoms with Gasteiger partial charge < -0.3 is 24.8 Å². The van der Waals surface area contributed by atoms with E-state index in [-0.39, 0.29) is 24.0 Å². The number of hydrogen-bond acceptors (Lipinski definition) is 5. The molecule has 7 nitrogen and oxygen atoms in total. The highest BCUT2D eigenvalue weighted by Crippen LogP contribution is 2.20. The molecule has 0 fully saturated rings. The van der Waals surface area contributed by atoms with Gasteiger partial charge in [0.15, 0.2) is 5.96 Å². The van der Waals surface area contributed by atoms with Gasteiger partial charge in [-0.25, -0.2) is 4.79 Å². The van der Waals surface area contributed by atoms with Crippen LogP contribution in [0.5, 0.6) is 11.5 Å². The van der Waals surface area contributed by atoms with Crippen LogP contribution in [0.4, 0.5) is 0 Å². The fourth-order valence-corrected chi connectivity index (χ4v) is 2.66. The van der Waals surface area contributed by atoms with Crippen molar-refractivity contribution in [3.8, 4) is 11.5 Å². The Morgan fingerprint density at radius 3 is 2.24 bits per heavy atom. The number of hydrogen-bond donors (Lipinski definition) is 2. The predicted molar refractivity (Wildman–Crippen MR) is 125 cm³/mol. The molecule has 2 rings (SSSR count). The zero-order valence-corrected chi connectivity index (χ0v) is 19.5. The van der Waals surface area contributed by atoms with Crippen LogP contribution >= 0.6 is 24.0 Å². The van der Waals surface area contributed by atoms with E-state index in [1.807, 2.05) is 30.3 Å². The van der Waals surface area contributed by atoms with Crippen molar-refractivity contribution in [2.75, 3.05) is 34.9 Å². The normalized spacial score (nSPS) is 10.6. The standard InChI is InChI=1S/C21H27N3O4.HI/c1-22-21(23-12-11-15-5-8-17(26-2)9-6-15)24-14-16-7-10-19(27-3)18(13-16)20(25)28-4;/h5-10,13H,11-12,14H2,1-4H3,(H2,22,23,24);1H. The van der Waals surface area contributed by atoms with Gasteiger partial charge in [0.25, 0.3) is 0 Å². The van der Waals surface area contributed by atoms with Gasteiger partial charge in [0.1, 0.15) is 17.1 Å². The van der Waals surface area contributed by atoms with E-state index >= 15 is 0 Å². The molecule has 8 heteroatoms. The van der Waals surface area contributed by atoms with Gasteiger partial charge in [-0.05, 0) is 41.8 Å². The number of aliphatic imine (C=N–C) groups is 1. The zero-order chi connectivity index (χ0) is 20.4. The van der Waals surface area contributed by atoms with E-state index in [9.17, 15) is 4.79 Å². The van der Waals surface area contributed by atoms with Crippen LogP contribution in [0.3, 0.4) is 0 Å². The van der Waals surface area contributed by atoms with Gasteiger partial charge in [0.05, 0.1) is 21.3 Å². The number of methoxy groups -OCH3 is 3. The SMILES string of the molecule is CN=C(NCCc1ccc(OC)cc1)NCc1ccc(OC)c(C(=O)OC)c1.I. The lowest BCUT2D eigenvalue weighted by Gasteiger charge is -2.13. The average Bonchev–Trinajstić information content (AvgIpc) is 2.75. The van der Waals surface area contributed by atoms with Crippen molar-refractivity contribution in [1.82, 2.24) is 10.6 Å². The molecule has 158 valence electrons. The summed E-state index contributed by atoms with van der Waals surface area (Å²) in [5, 5.41) is 6.52. The highest BCUT2D eigenvalue weighted by molar-refractivity contribution is 14.0. The minimum Gasteiger partial charge on any atom is -0.497 e. The molecule has 0 radical (unpaired) electrons. The van der Waals surface area contributed by atoms with Crippen molar-refractivity contribution in [1.29, 1.82) is 0 Å². The van der Waals surface area contributed by atoms with Crippen LogP contribution in [-0.4, -0.2) is 46.9 Å². The Kier molecular flexibility index (Phi) is 10.9. The fourth-order valence-electron chi connectivity index (χ4n) is 2.66. The van der Waals surface area contributed by atoms with Gasteiger partial charge in [-0.3, -0.25) is 4.99 Å². The molecule has 0 saturated heterocycles. The molecule has 0 bridgehead atoms. The summed E-state index contributed by atoms with van der Waals surface area (Å²) in [6.45, 7) is 1.25. The van der Waals surface area contributed by atoms with Crippen LogP contribution in [0.1, 0.15) is 21.5 Å². The summed E-state index contributed by atoms with van der Waals surface area (Å²) in [5.74, 6) is 1.59. The average molecular weight is 513 g/mol. The number of carbonyl (C=O) groups is 1. The van der Waals surface area contributed by atoms with E-state index in [4.69, 9.17) is 14.2 Å². The highest BCUT2D eigenvalue weighted by atomic mass is 127. The van der Waals surface area contributed by atoms with Gasteiger partial charge in [-0.2, -0.15) is 0 Å². The summed E-state index contributed by atoms with van der Waals surface area (Å²) in [7, 11) is 6.25. The van der Waals surface area contributed by atoms with Gasteiger partial charge in [0.2, 0.25) is 0 Å². The molecule has 29 heavy (non-hydrogen) atoms. The van der Waals surface area contributed by atoms with Crippen LogP contribution in [0.15, 0.2) is 47.5 Å². The second-order valence-electron chi connectivity index (χ2n) is 5.98. The van der Waals surface area contributed by atoms with Gasteiger partial charge in [-0.15, -0.1) is 24.0 Å². The maximum absolute atomic E-state index is 11.9. The number of nitrogens with zero attached hydrogens (tertiary/aromatic N) is 1. The fraction of sp³-hybridized carbons (Fsp3) is 0.333. The number of guanidine groups is 1. The highest BCUT2D eigenvalue weighted by Gasteiger charge is 2.13. The molecule has 0 saturated carbocycles. The molecule has 0 aromatic heterocycles. The van der Waals surface area contributed by atoms with E-state index in [0.717, 1.165) is 24.3 Å². The third kappa shape index (κ3) is 7.45. The van der Waals surface area contributed by atoms with Crippen LogP contribution in [0, 0.1) is 0 Å². The molecule has 0 aliphatic heterocycles. The second-order valence-corrected chi connectivity index (χ2v) is 5.98. The lowest BCUT2D eigenvalue weighted by atomic mass is 10.1. The number of esters is 1. The maximum atomic E-state index is 11.9. The van der Waals surface area contributed by atoms with Crippen molar-refractivity contribution in [3.63, 3.8) is 0 Å². The number of benzene rings is 2. The molecular formula is C21H28IN3O4. The van der Waals surface area contributed by atoms with E-state index < -0.39 is 5.97 Å². The minimum atomic E-state index is -0.430. The molecule has 0 spiro atoms. The Hall–Kier alpha value is -2.49. The van der Waals surface area contributed by atoms with E-state index in [2.05, 4.69) is 15.6 Å². The predicted octanol–water partition coefficient (Wildman–Crippen LogP) is 3.02. The van der Waals surface area contributed by atoms with Crippen molar-refractivity contribution in [2.24, 2.45) is 4.99 Å². The molecule has 0 aliphatic carbocycles. The monoisotopic (exact) mass is 513 g/mol. The van der Waals surface area contributed by atoms with E-state index in [0.29, 0.717) is 23.8 Å². The van der Waals surface area contributed by atoms with Crippen molar-refractivity contribution < 1.29 is 19.0 Å². The Morgan fingerprint density at radius 2 is 1.66 bits per heavy atom. The first-order valence-corrected chi connectivity index (χ1v) is 8.94. The Balaban J connectivity index is 0.00000420. The Bertz CT molecular complexity index is 810. The molecule has 0 atom stereocenters. The molecule has 2 N–H and O–H groups in total. The van der Waals surface area contributed by atoms with Crippen LogP contribution < -0.4 is 20.1 Å². The first kappa shape index (κ1) is 24.5. The van der Waals surface area contributed by atoms with Crippen molar-refractivity contribution in [3.05, 3.63) is 59.2 Å². The molecule has 0 heterocycles. The molecule has 0 unspecified atom stereocenters. The lowest BCUT2D eigenvalue weighted by Crippen LogP contribution is -2.37. The number of carbonyl (C=O) groups excluding carboxylic acids is 1. The van der Waals surface area contributed by atoms with Gasteiger partial charge in [-0.1, -0.05) is 18.2 Å². The quantitative estimate of drug-likeness (QED) is 0.245. The molecular weight excluding hydrogens is 485 g/mol. The van der Waals surface area contributed by atoms with Crippen molar-refractivity contribution in [2.45, 2.75) is 13.0 Å². The smallest absolute Gasteiger partial charge is 0.341 e. The summed E-state index contributed by atoms with van der Waals surface area (Å²) in [6.07, 6.45) is 0.861. The maximum Gasteiger partial charge on any atom is 0.341 e. The van der Waals surface area contributed by atoms with Crippen LogP contribution in [-0.2, 0) is 17.7 Å². The summed E-state index contributed by atoms with van der Waals surface area (Å²) in [4.78, 5) is 16.1. The van der Waals surface area contributed by atoms with Crippen molar-refractivity contribution >= 4 is 35.9 Å². The largest absolute Gasteiger partial charge is 0.497 e. The van der Waals surface area contributed by atoms with Crippen LogP contribution in [0.25, 0.3) is 0 Å². The van der Waals surface area contributed by atoms with Gasteiger partial charge in [0, 0.05) is 20.1 Å². The third-order valence-electron chi connectivity index (χ3n) is 4.22. The molecule has 2 aromatic carbocycles. The first-order valence-electron chi connectivity index (χ1n) is 8.94. The summed E-state index contributed by atoms with van der Waals surface area (Å²) in [6, 6.07) is 13.4. The molecule has 2 aromatic rings. The topological polar surface area (TPSA) is 81.2 Å². The molecule has 0 amide bonds.